The van der Waals surface area contributed by atoms with Crippen LogP contribution < -0.4 is 10.1 Å². The quantitative estimate of drug-likeness (QED) is 0.478. The Bertz CT molecular complexity index is 903. The van der Waals surface area contributed by atoms with Crippen LogP contribution in [0.25, 0.3) is 0 Å². The van der Waals surface area contributed by atoms with Crippen molar-refractivity contribution in [3.05, 3.63) is 71.2 Å². The molecule has 0 bridgehead atoms. The maximum Gasteiger partial charge on any atom is 0.263 e. The van der Waals surface area contributed by atoms with Crippen LogP contribution in [0.3, 0.4) is 0 Å². The van der Waals surface area contributed by atoms with Crippen molar-refractivity contribution < 1.29 is 9.53 Å². The van der Waals surface area contributed by atoms with Gasteiger partial charge in [0.2, 0.25) is 0 Å². The van der Waals surface area contributed by atoms with Crippen LogP contribution in [-0.2, 0) is 11.2 Å². The summed E-state index contributed by atoms with van der Waals surface area (Å²) in [6.45, 7) is 9.77. The molecular formula is C24H30N4O2. The predicted molar refractivity (Wildman–Crippen MR) is 118 cm³/mol. The van der Waals surface area contributed by atoms with E-state index < -0.39 is 5.91 Å². The molecule has 2 rings (SSSR count). The Morgan fingerprint density at radius 3 is 2.67 bits per heavy atom. The zero-order chi connectivity index (χ0) is 21.9. The smallest absolute Gasteiger partial charge is 0.263 e. The van der Waals surface area contributed by atoms with Crippen molar-refractivity contribution in [3.8, 4) is 11.8 Å². The Kier molecular flexibility index (Phi) is 8.89. The highest BCUT2D eigenvalue weighted by molar-refractivity contribution is 5.97. The van der Waals surface area contributed by atoms with Crippen molar-refractivity contribution in [1.82, 2.24) is 15.2 Å². The van der Waals surface area contributed by atoms with Gasteiger partial charge in [0.15, 0.2) is 0 Å². The standard InChI is InChI=1S/C24H30N4O2/c1-5-28(14-11-20-9-12-26-13-10-20)17-21(16-25)24(29)27-19(4)22-15-18(3)7-8-23(22)30-6-2/h7-10,12-13,15,17,19H,5-6,11,14H2,1-4H3,(H,27,29)/b21-17-. The topological polar surface area (TPSA) is 78.2 Å². The maximum absolute atomic E-state index is 12.8. The van der Waals surface area contributed by atoms with E-state index in [0.717, 1.165) is 28.9 Å². The van der Waals surface area contributed by atoms with Crippen molar-refractivity contribution in [3.63, 3.8) is 0 Å². The Labute approximate surface area is 179 Å². The molecule has 1 atom stereocenters. The van der Waals surface area contributed by atoms with Crippen LogP contribution in [0.4, 0.5) is 0 Å². The van der Waals surface area contributed by atoms with Gasteiger partial charge < -0.3 is 15.0 Å². The molecule has 6 heteroatoms. The minimum atomic E-state index is -0.392. The van der Waals surface area contributed by atoms with Crippen molar-refractivity contribution in [2.24, 2.45) is 0 Å². The van der Waals surface area contributed by atoms with Gasteiger partial charge in [-0.3, -0.25) is 9.78 Å². The molecule has 158 valence electrons. The second kappa shape index (κ2) is 11.6. The summed E-state index contributed by atoms with van der Waals surface area (Å²) in [7, 11) is 0. The predicted octanol–water partition coefficient (Wildman–Crippen LogP) is 3.94. The minimum Gasteiger partial charge on any atom is -0.494 e. The van der Waals surface area contributed by atoms with Gasteiger partial charge in [-0.05, 0) is 57.9 Å². The van der Waals surface area contributed by atoms with E-state index in [1.165, 1.54) is 0 Å². The SMILES string of the molecule is CCOc1ccc(C)cc1C(C)NC(=O)/C(C#N)=C\N(CC)CCc1ccncc1. The van der Waals surface area contributed by atoms with Crippen LogP contribution in [0.5, 0.6) is 5.75 Å². The van der Waals surface area contributed by atoms with E-state index >= 15 is 0 Å². The van der Waals surface area contributed by atoms with Gasteiger partial charge in [0, 0.05) is 37.2 Å². The van der Waals surface area contributed by atoms with E-state index in [0.29, 0.717) is 19.7 Å². The number of rotatable bonds is 10. The number of hydrogen-bond acceptors (Lipinski definition) is 5. The summed E-state index contributed by atoms with van der Waals surface area (Å²) in [6.07, 6.45) is 5.98. The number of ether oxygens (including phenoxy) is 1. The third kappa shape index (κ3) is 6.63. The molecule has 0 spiro atoms. The highest BCUT2D eigenvalue weighted by atomic mass is 16.5. The third-order valence-electron chi connectivity index (χ3n) is 4.80. The van der Waals surface area contributed by atoms with Crippen molar-refractivity contribution in [2.45, 2.75) is 40.2 Å². The molecule has 1 aromatic heterocycles. The van der Waals surface area contributed by atoms with E-state index in [1.807, 2.05) is 69.0 Å². The molecule has 0 aliphatic rings. The van der Waals surface area contributed by atoms with Crippen molar-refractivity contribution in [1.29, 1.82) is 5.26 Å². The number of carbonyl (C=O) groups is 1. The van der Waals surface area contributed by atoms with Crippen molar-refractivity contribution >= 4 is 5.91 Å². The summed E-state index contributed by atoms with van der Waals surface area (Å²) in [5, 5.41) is 12.5. The molecule has 1 heterocycles. The number of aromatic nitrogens is 1. The second-order valence-electron chi connectivity index (χ2n) is 7.06. The van der Waals surface area contributed by atoms with Crippen molar-refractivity contribution in [2.75, 3.05) is 19.7 Å². The average Bonchev–Trinajstić information content (AvgIpc) is 2.76. The maximum atomic E-state index is 12.8. The summed E-state index contributed by atoms with van der Waals surface area (Å²) in [5.74, 6) is 0.349. The normalized spacial score (nSPS) is 12.0. The van der Waals surface area contributed by atoms with E-state index in [-0.39, 0.29) is 11.6 Å². The molecule has 1 unspecified atom stereocenters. The zero-order valence-corrected chi connectivity index (χ0v) is 18.2. The molecule has 1 amide bonds. The molecule has 6 nitrogen and oxygen atoms in total. The molecule has 1 N–H and O–H groups in total. The summed E-state index contributed by atoms with van der Waals surface area (Å²) in [4.78, 5) is 18.8. The van der Waals surface area contributed by atoms with Crippen LogP contribution in [0, 0.1) is 18.3 Å². The molecule has 0 saturated carbocycles. The molecular weight excluding hydrogens is 376 g/mol. The van der Waals surface area contributed by atoms with Gasteiger partial charge in [-0.1, -0.05) is 17.7 Å². The molecule has 2 aromatic rings. The average molecular weight is 407 g/mol. The number of pyridine rings is 1. The molecule has 30 heavy (non-hydrogen) atoms. The lowest BCUT2D eigenvalue weighted by Crippen LogP contribution is -2.30. The molecule has 0 aliphatic heterocycles. The van der Waals surface area contributed by atoms with Gasteiger partial charge in [0.05, 0.1) is 12.6 Å². The summed E-state index contributed by atoms with van der Waals surface area (Å²) < 4.78 is 5.69. The van der Waals surface area contributed by atoms with E-state index in [2.05, 4.69) is 10.3 Å². The highest BCUT2D eigenvalue weighted by Crippen LogP contribution is 2.26. The first-order valence-electron chi connectivity index (χ1n) is 10.3. The van der Waals surface area contributed by atoms with Crippen LogP contribution in [0.15, 0.2) is 54.5 Å². The number of amides is 1. The number of likely N-dealkylation sites (N-methyl/N-ethyl adjacent to an activating group) is 1. The lowest BCUT2D eigenvalue weighted by Gasteiger charge is -2.21. The first-order chi connectivity index (χ1) is 14.5. The Hall–Kier alpha value is -3.33. The number of carbonyl (C=O) groups excluding carboxylic acids is 1. The third-order valence-corrected chi connectivity index (χ3v) is 4.80. The molecule has 0 saturated heterocycles. The van der Waals surface area contributed by atoms with Crippen LogP contribution >= 0.6 is 0 Å². The monoisotopic (exact) mass is 406 g/mol. The molecule has 1 aromatic carbocycles. The largest absolute Gasteiger partial charge is 0.494 e. The molecule has 0 radical (unpaired) electrons. The zero-order valence-electron chi connectivity index (χ0n) is 18.2. The lowest BCUT2D eigenvalue weighted by atomic mass is 10.0. The van der Waals surface area contributed by atoms with E-state index in [9.17, 15) is 10.1 Å². The van der Waals surface area contributed by atoms with Gasteiger partial charge in [0.25, 0.3) is 5.91 Å². The van der Waals surface area contributed by atoms with Gasteiger partial charge in [-0.15, -0.1) is 0 Å². The number of nitrogens with one attached hydrogen (secondary N) is 1. The Morgan fingerprint density at radius 1 is 1.30 bits per heavy atom. The van der Waals surface area contributed by atoms with Gasteiger partial charge in [0.1, 0.15) is 17.4 Å². The minimum absolute atomic E-state index is 0.0871. The fourth-order valence-electron chi connectivity index (χ4n) is 3.10. The summed E-state index contributed by atoms with van der Waals surface area (Å²) >= 11 is 0. The number of benzene rings is 1. The van der Waals surface area contributed by atoms with Gasteiger partial charge in [-0.2, -0.15) is 5.26 Å². The first kappa shape index (κ1) is 23.0. The van der Waals surface area contributed by atoms with E-state index in [4.69, 9.17) is 4.74 Å². The number of nitrogens with zero attached hydrogens (tertiary/aromatic N) is 3. The van der Waals surface area contributed by atoms with Crippen LogP contribution in [0.2, 0.25) is 0 Å². The number of nitriles is 1. The van der Waals surface area contributed by atoms with Gasteiger partial charge in [-0.25, -0.2) is 0 Å². The number of aryl methyl sites for hydroxylation is 1. The van der Waals surface area contributed by atoms with Crippen LogP contribution in [-0.4, -0.2) is 35.5 Å². The Morgan fingerprint density at radius 2 is 2.03 bits per heavy atom. The second-order valence-corrected chi connectivity index (χ2v) is 7.06. The van der Waals surface area contributed by atoms with Crippen LogP contribution in [0.1, 0.15) is 43.5 Å². The summed E-state index contributed by atoms with van der Waals surface area (Å²) in [6, 6.07) is 11.6. The van der Waals surface area contributed by atoms with Gasteiger partial charge >= 0.3 is 0 Å². The first-order valence-corrected chi connectivity index (χ1v) is 10.3. The Balaban J connectivity index is 2.09. The fraction of sp³-hybridized carbons (Fsp3) is 0.375. The highest BCUT2D eigenvalue weighted by Gasteiger charge is 2.18. The number of hydrogen-bond donors (Lipinski definition) is 1. The van der Waals surface area contributed by atoms with E-state index in [1.54, 1.807) is 18.6 Å². The summed E-state index contributed by atoms with van der Waals surface area (Å²) in [5.41, 5.74) is 3.23. The molecule has 0 aliphatic carbocycles. The molecule has 0 fully saturated rings. The fourth-order valence-corrected chi connectivity index (χ4v) is 3.10. The lowest BCUT2D eigenvalue weighted by molar-refractivity contribution is -0.117.